The second kappa shape index (κ2) is 15.5. The number of hydrogen-bond acceptors (Lipinski definition) is 0. The maximum absolute atomic E-state index is 2.63. The summed E-state index contributed by atoms with van der Waals surface area (Å²) >= 11 is 0. The minimum absolute atomic E-state index is 0.154. The number of hydrogen-bond donors (Lipinski definition) is 0. The van der Waals surface area contributed by atoms with Crippen LogP contribution in [0.1, 0.15) is 138 Å². The molecule has 10 aliphatic carbocycles. The number of rotatable bonds is 5. The summed E-state index contributed by atoms with van der Waals surface area (Å²) in [7, 11) is 0. The molecule has 0 spiro atoms. The molecule has 0 amide bonds. The Morgan fingerprint density at radius 2 is 0.524 bits per heavy atom. The summed E-state index contributed by atoms with van der Waals surface area (Å²) in [5.74, 6) is 5.68. The van der Waals surface area contributed by atoms with Crippen LogP contribution in [0.15, 0.2) is 170 Å². The van der Waals surface area contributed by atoms with E-state index in [0.717, 1.165) is 35.5 Å². The average molecular weight is 1060 g/mol. The van der Waals surface area contributed by atoms with E-state index in [2.05, 4.69) is 198 Å². The van der Waals surface area contributed by atoms with Crippen molar-refractivity contribution in [2.24, 2.45) is 35.5 Å². The molecule has 0 saturated heterocycles. The summed E-state index contributed by atoms with van der Waals surface area (Å²) in [6.07, 6.45) is 17.4. The highest BCUT2D eigenvalue weighted by atomic mass is 14.6. The van der Waals surface area contributed by atoms with Gasteiger partial charge in [0.1, 0.15) is 0 Å². The maximum Gasteiger partial charge on any atom is 0.0159 e. The predicted octanol–water partition coefficient (Wildman–Crippen LogP) is 22.0. The van der Waals surface area contributed by atoms with E-state index in [9.17, 15) is 0 Å². The van der Waals surface area contributed by atoms with Crippen LogP contribution < -0.4 is 0 Å². The minimum atomic E-state index is -0.154. The van der Waals surface area contributed by atoms with Crippen molar-refractivity contribution in [1.82, 2.24) is 0 Å². The van der Waals surface area contributed by atoms with Gasteiger partial charge in [0.2, 0.25) is 0 Å². The Hall–Kier alpha value is -7.28. The topological polar surface area (TPSA) is 0 Å². The van der Waals surface area contributed by atoms with Gasteiger partial charge in [0, 0.05) is 10.8 Å². The molecule has 398 valence electrons. The van der Waals surface area contributed by atoms with Crippen LogP contribution in [0.4, 0.5) is 0 Å². The highest BCUT2D eigenvalue weighted by molar-refractivity contribution is 6.27. The Labute approximate surface area is 482 Å². The van der Waals surface area contributed by atoms with Gasteiger partial charge < -0.3 is 0 Å². The molecule has 8 fully saturated rings. The molecule has 8 saturated carbocycles. The third-order valence-electron chi connectivity index (χ3n) is 24.8. The van der Waals surface area contributed by atoms with Crippen LogP contribution in [0.25, 0.3) is 120 Å². The molecule has 0 atom stereocenters. The lowest BCUT2D eigenvalue weighted by Crippen LogP contribution is -2.48. The van der Waals surface area contributed by atoms with Crippen LogP contribution >= 0.6 is 0 Å². The van der Waals surface area contributed by atoms with E-state index < -0.39 is 0 Å². The van der Waals surface area contributed by atoms with E-state index in [-0.39, 0.29) is 10.8 Å². The zero-order valence-electron chi connectivity index (χ0n) is 48.1. The van der Waals surface area contributed by atoms with Crippen molar-refractivity contribution in [3.8, 4) is 55.6 Å². The molecule has 0 heteroatoms. The molecule has 82 heavy (non-hydrogen) atoms. The number of fused-ring (bicyclic) bond motifs is 6. The molecule has 0 heterocycles. The van der Waals surface area contributed by atoms with Gasteiger partial charge in [-0.1, -0.05) is 173 Å². The highest BCUT2D eigenvalue weighted by Crippen LogP contribution is 2.64. The second-order valence-electron chi connectivity index (χ2n) is 30.1. The van der Waals surface area contributed by atoms with Crippen molar-refractivity contribution in [3.05, 3.63) is 203 Å². The average Bonchev–Trinajstić information content (AvgIpc) is 1.95. The fraction of sp³-hybridized carbons (Fsp3) is 0.317. The minimum Gasteiger partial charge on any atom is -0.0537 e. The lowest BCUT2D eigenvalue weighted by molar-refractivity contribution is -0.00520. The Morgan fingerprint density at radius 1 is 0.256 bits per heavy atom. The van der Waals surface area contributed by atoms with Gasteiger partial charge >= 0.3 is 0 Å². The van der Waals surface area contributed by atoms with E-state index in [1.807, 2.05) is 0 Å². The quantitative estimate of drug-likeness (QED) is 0.151. The van der Waals surface area contributed by atoms with Gasteiger partial charge in [0.25, 0.3) is 0 Å². The first-order valence-electron chi connectivity index (χ1n) is 31.9. The molecule has 0 aliphatic heterocycles. The van der Waals surface area contributed by atoms with Gasteiger partial charge in [-0.05, 0) is 301 Å². The molecule has 10 aliphatic rings. The summed E-state index contributed by atoms with van der Waals surface area (Å²) in [6.45, 7) is 9.82. The zero-order valence-corrected chi connectivity index (χ0v) is 48.1. The van der Waals surface area contributed by atoms with Crippen molar-refractivity contribution in [2.75, 3.05) is 0 Å². The Bertz CT molecular complexity index is 4400. The summed E-state index contributed by atoms with van der Waals surface area (Å²) in [4.78, 5) is 0. The predicted molar refractivity (Wildman–Crippen MR) is 345 cm³/mol. The van der Waals surface area contributed by atoms with Crippen molar-refractivity contribution < 1.29 is 0 Å². The summed E-state index contributed by atoms with van der Waals surface area (Å²) in [5, 5.41) is 16.9. The van der Waals surface area contributed by atoms with Crippen LogP contribution in [0.5, 0.6) is 0 Å². The molecule has 0 N–H and O–H groups in total. The Kier molecular flexibility index (Phi) is 8.72. The van der Waals surface area contributed by atoms with Crippen LogP contribution in [0.2, 0.25) is 0 Å². The second-order valence-corrected chi connectivity index (χ2v) is 30.1. The van der Waals surface area contributed by atoms with Gasteiger partial charge in [0.15, 0.2) is 0 Å². The highest BCUT2D eigenvalue weighted by Gasteiger charge is 2.53. The van der Waals surface area contributed by atoms with Gasteiger partial charge in [-0.25, -0.2) is 0 Å². The smallest absolute Gasteiger partial charge is 0.0159 e. The fourth-order valence-corrected chi connectivity index (χ4v) is 21.9. The van der Waals surface area contributed by atoms with Gasteiger partial charge in [0.05, 0.1) is 0 Å². The van der Waals surface area contributed by atoms with Crippen LogP contribution in [-0.2, 0) is 21.7 Å². The molecular weight excluding hydrogens is 985 g/mol. The van der Waals surface area contributed by atoms with Crippen molar-refractivity contribution in [1.29, 1.82) is 0 Å². The zero-order chi connectivity index (χ0) is 53.9. The first kappa shape index (κ1) is 46.2. The normalized spacial score (nSPS) is 27.5. The van der Waals surface area contributed by atoms with Crippen molar-refractivity contribution in [2.45, 2.75) is 126 Å². The van der Waals surface area contributed by atoms with Crippen molar-refractivity contribution in [3.63, 3.8) is 0 Å². The third-order valence-corrected chi connectivity index (χ3v) is 24.8. The van der Waals surface area contributed by atoms with E-state index >= 15 is 0 Å². The molecule has 12 aromatic rings. The molecule has 0 radical (unpaired) electrons. The van der Waals surface area contributed by atoms with Gasteiger partial charge in [-0.2, -0.15) is 0 Å². The first-order valence-corrected chi connectivity index (χ1v) is 31.9. The van der Waals surface area contributed by atoms with E-state index in [1.54, 1.807) is 11.1 Å². The lowest BCUT2D eigenvalue weighted by atomic mass is 9.48. The first-order chi connectivity index (χ1) is 39.9. The van der Waals surface area contributed by atoms with E-state index in [0.29, 0.717) is 10.8 Å². The SMILES string of the molecule is CC1(C)c2cc(-c3ccc4c(c3)C(C)(C)c3cc(-c5ccc6ccc7cc(C89CC%10CC(CC(C%10)C8)C9)cc8ccc5c6c78)ccc3-4)ccc2-c2ccc(-c3ccc4ccc5cc(C67CC8CC(CC(C8)C6)C7)cc6ccc3c4c56)cc21. The lowest BCUT2D eigenvalue weighted by Gasteiger charge is -2.57. The Balaban J connectivity index is 0.617. The molecule has 22 rings (SSSR count). The van der Waals surface area contributed by atoms with Gasteiger partial charge in [-0.15, -0.1) is 0 Å². The monoisotopic (exact) mass is 1050 g/mol. The van der Waals surface area contributed by atoms with Crippen molar-refractivity contribution >= 4 is 64.6 Å². The summed E-state index contributed by atoms with van der Waals surface area (Å²) in [5.41, 5.74) is 22.8. The van der Waals surface area contributed by atoms with Crippen LogP contribution in [0, 0.1) is 35.5 Å². The third kappa shape index (κ3) is 6.05. The Morgan fingerprint density at radius 3 is 0.866 bits per heavy atom. The molecule has 0 unspecified atom stereocenters. The largest absolute Gasteiger partial charge is 0.0537 e. The van der Waals surface area contributed by atoms with Gasteiger partial charge in [-0.3, -0.25) is 0 Å². The molecule has 12 aromatic carbocycles. The molecule has 8 bridgehead atoms. The van der Waals surface area contributed by atoms with Crippen LogP contribution in [0.3, 0.4) is 0 Å². The van der Waals surface area contributed by atoms with Crippen LogP contribution in [-0.4, -0.2) is 0 Å². The summed E-state index contributed by atoms with van der Waals surface area (Å²) < 4.78 is 0. The molecule has 0 aromatic heterocycles. The standard InChI is InChI=1S/C82H70/c1-79(2)71-35-53(11-19-65(71)67-21-13-55(37-73(67)79)63-17-9-51-5-7-57-31-61(33-59-15-23-69(63)77(51)75(57)59)81-39-45-25-46(40-81)27-47(26-45)41-81)54-12-20-66-68-22-14-56(38-74(68)80(3,4)72(66)36-54)64-18-10-52-6-8-58-32-62(34-60-16-24-70(64)78(52)76(58)60)82-42-48-28-49(43-82)30-50(29-48)44-82/h5-24,31-38,45-50H,25-30,39-44H2,1-4H3. The van der Waals surface area contributed by atoms with E-state index in [1.165, 1.54) is 220 Å². The fourth-order valence-electron chi connectivity index (χ4n) is 21.9. The van der Waals surface area contributed by atoms with E-state index in [4.69, 9.17) is 0 Å². The molecule has 0 nitrogen and oxygen atoms in total. The summed E-state index contributed by atoms with van der Waals surface area (Å²) in [6, 6.07) is 69.0. The number of benzene rings is 12. The molecular formula is C82H70. The maximum atomic E-state index is 2.63.